The molecule has 1 N–H and O–H groups in total. The number of Topliss-reactive ketones (excluding diaryl/α,β-unsaturated/α-hetero) is 1. The molecule has 3 atom stereocenters. The van der Waals surface area contributed by atoms with E-state index in [0.717, 1.165) is 6.42 Å². The largest absolute Gasteiger partial charge is 0.481 e. The molecule has 1 aliphatic carbocycles. The monoisotopic (exact) mass is 394 g/mol. The number of allylic oxidation sites excluding steroid dienone is 3. The van der Waals surface area contributed by atoms with Gasteiger partial charge in [0, 0.05) is 24.7 Å². The highest BCUT2D eigenvalue weighted by atomic mass is 28.4. The molecule has 0 radical (unpaired) electrons. The Morgan fingerprint density at radius 3 is 2.41 bits per heavy atom. The number of unbranched alkanes of at least 4 members (excludes halogenated alkanes) is 1. The predicted octanol–water partition coefficient (Wildman–Crippen LogP) is 5.75. The molecule has 0 amide bonds. The minimum atomic E-state index is -1.94. The summed E-state index contributed by atoms with van der Waals surface area (Å²) in [4.78, 5) is 23.3. The van der Waals surface area contributed by atoms with Crippen LogP contribution in [0.3, 0.4) is 0 Å². The Morgan fingerprint density at radius 2 is 1.89 bits per heavy atom. The molecule has 0 aliphatic heterocycles. The number of carboxylic acids is 1. The highest BCUT2D eigenvalue weighted by molar-refractivity contribution is 6.74. The van der Waals surface area contributed by atoms with E-state index in [1.165, 1.54) is 5.57 Å². The molecule has 0 aromatic carbocycles. The zero-order valence-electron chi connectivity index (χ0n) is 18.2. The molecule has 4 nitrogen and oxygen atoms in total. The molecule has 0 aromatic rings. The van der Waals surface area contributed by atoms with E-state index < -0.39 is 14.3 Å². The number of rotatable bonds is 9. The van der Waals surface area contributed by atoms with Crippen LogP contribution in [0.15, 0.2) is 23.8 Å². The molecule has 1 fully saturated rings. The number of hydrogen-bond acceptors (Lipinski definition) is 3. The van der Waals surface area contributed by atoms with E-state index in [1.807, 2.05) is 12.2 Å². The lowest BCUT2D eigenvalue weighted by molar-refractivity contribution is -0.137. The molecule has 0 aromatic heterocycles. The lowest BCUT2D eigenvalue weighted by atomic mass is 9.89. The van der Waals surface area contributed by atoms with Crippen molar-refractivity contribution in [3.8, 4) is 0 Å². The van der Waals surface area contributed by atoms with Crippen LogP contribution in [-0.4, -0.2) is 31.3 Å². The second-order valence-electron chi connectivity index (χ2n) is 9.51. The van der Waals surface area contributed by atoms with Crippen LogP contribution in [0.4, 0.5) is 0 Å². The number of carbonyl (C=O) groups is 2. The summed E-state index contributed by atoms with van der Waals surface area (Å²) in [7, 11) is -1.94. The van der Waals surface area contributed by atoms with Gasteiger partial charge in [0.1, 0.15) is 5.78 Å². The topological polar surface area (TPSA) is 63.6 Å². The number of hydrogen-bond donors (Lipinski definition) is 1. The van der Waals surface area contributed by atoms with Crippen LogP contribution in [-0.2, 0) is 14.0 Å². The van der Waals surface area contributed by atoms with Gasteiger partial charge < -0.3 is 9.53 Å². The highest BCUT2D eigenvalue weighted by Crippen LogP contribution is 2.43. The van der Waals surface area contributed by atoms with Crippen molar-refractivity contribution in [2.75, 3.05) is 0 Å². The molecule has 27 heavy (non-hydrogen) atoms. The zero-order valence-corrected chi connectivity index (χ0v) is 19.2. The average Bonchev–Trinajstić information content (AvgIpc) is 2.76. The molecule has 1 unspecified atom stereocenters. The van der Waals surface area contributed by atoms with Crippen LogP contribution >= 0.6 is 0 Å². The molecular formula is C22H38O4Si. The average molecular weight is 395 g/mol. The fourth-order valence-corrected chi connectivity index (χ4v) is 4.61. The third-order valence-corrected chi connectivity index (χ3v) is 10.3. The maximum atomic E-state index is 12.7. The van der Waals surface area contributed by atoms with Gasteiger partial charge in [-0.2, -0.15) is 0 Å². The van der Waals surface area contributed by atoms with Gasteiger partial charge in [-0.1, -0.05) is 44.6 Å². The van der Waals surface area contributed by atoms with Crippen LogP contribution in [0.1, 0.15) is 66.7 Å². The van der Waals surface area contributed by atoms with Gasteiger partial charge in [-0.25, -0.2) is 0 Å². The van der Waals surface area contributed by atoms with Crippen molar-refractivity contribution in [3.63, 3.8) is 0 Å². The van der Waals surface area contributed by atoms with Gasteiger partial charge >= 0.3 is 5.97 Å². The number of aliphatic carboxylic acids is 1. The standard InChI is InChI=1S/C22H38O4Si/c1-16(2)14-18-17(12-10-8-9-11-13-21(24)25)19(23)15-20(18)26-27(6,7)22(3,4)5/h8,10,14,17-18,20H,9,11-13,15H2,1-7H3,(H,24,25)/t17?,18-,20-/m1/s1. The molecule has 0 saturated heterocycles. The van der Waals surface area contributed by atoms with Gasteiger partial charge in [0.05, 0.1) is 6.10 Å². The summed E-state index contributed by atoms with van der Waals surface area (Å²) in [5.41, 5.74) is 1.22. The first-order valence-corrected chi connectivity index (χ1v) is 13.0. The zero-order chi connectivity index (χ0) is 20.8. The fraction of sp³-hybridized carbons (Fsp3) is 0.727. The number of carboxylic acid groups (broad SMARTS) is 1. The summed E-state index contributed by atoms with van der Waals surface area (Å²) in [6.45, 7) is 15.3. The van der Waals surface area contributed by atoms with Crippen LogP contribution in [0.25, 0.3) is 0 Å². The van der Waals surface area contributed by atoms with E-state index in [9.17, 15) is 9.59 Å². The maximum Gasteiger partial charge on any atom is 0.303 e. The van der Waals surface area contributed by atoms with Crippen molar-refractivity contribution in [2.45, 2.75) is 91.0 Å². The van der Waals surface area contributed by atoms with Crippen molar-refractivity contribution in [1.29, 1.82) is 0 Å². The van der Waals surface area contributed by atoms with E-state index in [0.29, 0.717) is 19.3 Å². The summed E-state index contributed by atoms with van der Waals surface area (Å²) >= 11 is 0. The van der Waals surface area contributed by atoms with E-state index in [2.05, 4.69) is 53.8 Å². The third kappa shape index (κ3) is 7.38. The smallest absolute Gasteiger partial charge is 0.303 e. The van der Waals surface area contributed by atoms with Crippen molar-refractivity contribution in [1.82, 2.24) is 0 Å². The lowest BCUT2D eigenvalue weighted by Gasteiger charge is -2.39. The summed E-state index contributed by atoms with van der Waals surface area (Å²) in [5.74, 6) is -0.384. The molecular weight excluding hydrogens is 356 g/mol. The van der Waals surface area contributed by atoms with Gasteiger partial charge in [-0.3, -0.25) is 9.59 Å². The van der Waals surface area contributed by atoms with Crippen molar-refractivity contribution < 1.29 is 19.1 Å². The Bertz CT molecular complexity index is 580. The maximum absolute atomic E-state index is 12.7. The summed E-state index contributed by atoms with van der Waals surface area (Å²) < 4.78 is 6.63. The highest BCUT2D eigenvalue weighted by Gasteiger charge is 2.46. The van der Waals surface area contributed by atoms with Crippen molar-refractivity contribution in [2.24, 2.45) is 11.8 Å². The van der Waals surface area contributed by atoms with E-state index >= 15 is 0 Å². The molecule has 1 saturated carbocycles. The molecule has 5 heteroatoms. The van der Waals surface area contributed by atoms with Crippen LogP contribution in [0, 0.1) is 11.8 Å². The lowest BCUT2D eigenvalue weighted by Crippen LogP contribution is -2.45. The molecule has 0 heterocycles. The Kier molecular flexibility index (Phi) is 8.68. The van der Waals surface area contributed by atoms with Gasteiger partial charge in [-0.15, -0.1) is 0 Å². The summed E-state index contributed by atoms with van der Waals surface area (Å²) in [6.07, 6.45) is 9.02. The van der Waals surface area contributed by atoms with Gasteiger partial charge in [-0.05, 0) is 51.2 Å². The van der Waals surface area contributed by atoms with E-state index in [4.69, 9.17) is 9.53 Å². The molecule has 1 rings (SSSR count). The fourth-order valence-electron chi connectivity index (χ4n) is 3.26. The number of carbonyl (C=O) groups excluding carboxylic acids is 1. The second-order valence-corrected chi connectivity index (χ2v) is 14.3. The first-order chi connectivity index (χ1) is 12.3. The molecule has 154 valence electrons. The SMILES string of the molecule is CC(C)=C[C@@H]1C(CC=CCCCC(=O)O)C(=O)C[C@H]1O[Si](C)(C)C(C)(C)C. The molecule has 0 bridgehead atoms. The van der Waals surface area contributed by atoms with Gasteiger partial charge in [0.2, 0.25) is 0 Å². The van der Waals surface area contributed by atoms with Crippen molar-refractivity contribution >= 4 is 20.1 Å². The van der Waals surface area contributed by atoms with Crippen molar-refractivity contribution in [3.05, 3.63) is 23.8 Å². The quantitative estimate of drug-likeness (QED) is 0.307. The van der Waals surface area contributed by atoms with Gasteiger partial charge in [0.15, 0.2) is 8.32 Å². The Hall–Kier alpha value is -1.20. The number of ketones is 1. The predicted molar refractivity (Wildman–Crippen MR) is 113 cm³/mol. The van der Waals surface area contributed by atoms with Crippen LogP contribution < -0.4 is 0 Å². The van der Waals surface area contributed by atoms with Gasteiger partial charge in [0.25, 0.3) is 0 Å². The molecule has 0 spiro atoms. The minimum absolute atomic E-state index is 0.0290. The van der Waals surface area contributed by atoms with E-state index in [1.54, 1.807) is 0 Å². The summed E-state index contributed by atoms with van der Waals surface area (Å²) in [5, 5.41) is 8.81. The van der Waals surface area contributed by atoms with Crippen LogP contribution in [0.5, 0.6) is 0 Å². The Balaban J connectivity index is 2.83. The Labute approximate surface area is 166 Å². The van der Waals surface area contributed by atoms with E-state index in [-0.39, 0.29) is 35.2 Å². The third-order valence-electron chi connectivity index (χ3n) is 5.81. The molecule has 1 aliphatic rings. The first kappa shape index (κ1) is 23.8. The second kappa shape index (κ2) is 9.83. The normalized spacial score (nSPS) is 23.8. The first-order valence-electron chi connectivity index (χ1n) is 10.1. The summed E-state index contributed by atoms with van der Waals surface area (Å²) in [6, 6.07) is 0. The minimum Gasteiger partial charge on any atom is -0.481 e. The Morgan fingerprint density at radius 1 is 1.26 bits per heavy atom. The van der Waals surface area contributed by atoms with Crippen LogP contribution in [0.2, 0.25) is 18.1 Å².